The fourth-order valence-corrected chi connectivity index (χ4v) is 2.65. The summed E-state index contributed by atoms with van der Waals surface area (Å²) in [5.74, 6) is 0.529. The average Bonchev–Trinajstić information content (AvgIpc) is 2.59. The topological polar surface area (TPSA) is 73.2 Å². The van der Waals surface area contributed by atoms with Crippen LogP contribution in [0.5, 0.6) is 5.75 Å². The first kappa shape index (κ1) is 20.3. The van der Waals surface area contributed by atoms with Crippen molar-refractivity contribution in [1.29, 1.82) is 0 Å². The van der Waals surface area contributed by atoms with Gasteiger partial charge < -0.3 is 10.1 Å². The van der Waals surface area contributed by atoms with Crippen LogP contribution in [0.3, 0.4) is 0 Å². The molecular weight excluding hydrogens is 377 g/mol. The maximum Gasteiger partial charge on any atom is 0.287 e. The van der Waals surface area contributed by atoms with Gasteiger partial charge in [-0.2, -0.15) is 5.10 Å². The molecule has 1 heterocycles. The van der Waals surface area contributed by atoms with E-state index in [1.54, 1.807) is 0 Å². The highest BCUT2D eigenvalue weighted by molar-refractivity contribution is 6.41. The van der Waals surface area contributed by atoms with Crippen molar-refractivity contribution in [3.05, 3.63) is 55.4 Å². The molecule has 0 aliphatic carbocycles. The lowest BCUT2D eigenvalue weighted by molar-refractivity contribution is -0.121. The molecule has 0 saturated heterocycles. The monoisotopic (exact) mass is 397 g/mol. The van der Waals surface area contributed by atoms with Gasteiger partial charge in [0.15, 0.2) is 0 Å². The van der Waals surface area contributed by atoms with Crippen LogP contribution < -0.4 is 15.6 Å². The van der Waals surface area contributed by atoms with Crippen LogP contribution in [0.15, 0.2) is 23.1 Å². The van der Waals surface area contributed by atoms with E-state index in [2.05, 4.69) is 23.4 Å². The number of amides is 1. The van der Waals surface area contributed by atoms with Crippen molar-refractivity contribution in [3.63, 3.8) is 0 Å². The van der Waals surface area contributed by atoms with Crippen molar-refractivity contribution in [2.24, 2.45) is 0 Å². The number of carbonyl (C=O) groups excluding carboxylic acids is 1. The molecule has 0 aliphatic heterocycles. The molecule has 6 nitrogen and oxygen atoms in total. The van der Waals surface area contributed by atoms with E-state index in [0.29, 0.717) is 19.6 Å². The molecule has 1 aromatic heterocycles. The minimum atomic E-state index is -0.594. The molecule has 0 saturated carbocycles. The summed E-state index contributed by atoms with van der Waals surface area (Å²) in [5.41, 5.74) is 2.86. The molecule has 140 valence electrons. The molecule has 0 atom stereocenters. The Balaban J connectivity index is 1.78. The summed E-state index contributed by atoms with van der Waals surface area (Å²) >= 11 is 11.5. The summed E-state index contributed by atoms with van der Waals surface area (Å²) in [5, 5.41) is 6.43. The number of benzene rings is 1. The second-order valence-corrected chi connectivity index (χ2v) is 6.81. The SMILES string of the molecule is Cc1cc(C)c(C)c(OCCCNC(=O)Cn2ncc(Cl)c(Cl)c2=O)c1. The molecule has 8 heteroatoms. The largest absolute Gasteiger partial charge is 0.493 e. The van der Waals surface area contributed by atoms with Crippen LogP contribution in [-0.4, -0.2) is 28.8 Å². The van der Waals surface area contributed by atoms with Crippen LogP contribution in [0.2, 0.25) is 10.0 Å². The smallest absolute Gasteiger partial charge is 0.287 e. The van der Waals surface area contributed by atoms with E-state index < -0.39 is 5.56 Å². The zero-order valence-corrected chi connectivity index (χ0v) is 16.4. The number of aromatic nitrogens is 2. The van der Waals surface area contributed by atoms with E-state index in [1.165, 1.54) is 11.8 Å². The van der Waals surface area contributed by atoms with Crippen molar-refractivity contribution >= 4 is 29.1 Å². The molecule has 26 heavy (non-hydrogen) atoms. The van der Waals surface area contributed by atoms with E-state index in [0.717, 1.165) is 21.6 Å². The molecule has 0 aliphatic rings. The van der Waals surface area contributed by atoms with Crippen LogP contribution in [0, 0.1) is 20.8 Å². The first-order chi connectivity index (χ1) is 12.3. The zero-order valence-electron chi connectivity index (χ0n) is 14.9. The van der Waals surface area contributed by atoms with Crippen LogP contribution in [0.1, 0.15) is 23.1 Å². The Bertz CT molecular complexity index is 865. The Morgan fingerprint density at radius 3 is 2.73 bits per heavy atom. The second-order valence-electron chi connectivity index (χ2n) is 6.03. The summed E-state index contributed by atoms with van der Waals surface area (Å²) in [6.07, 6.45) is 1.88. The standard InChI is InChI=1S/C18H21Cl2N3O3/c1-11-7-12(2)13(3)15(8-11)26-6-4-5-21-16(24)10-23-18(25)17(20)14(19)9-22-23/h7-9H,4-6,10H2,1-3H3,(H,21,24). The maximum atomic E-state index is 11.9. The molecule has 1 aromatic carbocycles. The Labute approximate surface area is 162 Å². The number of aryl methyl sites for hydroxylation is 2. The Morgan fingerprint density at radius 2 is 2.00 bits per heavy atom. The minimum absolute atomic E-state index is 0.0622. The summed E-state index contributed by atoms with van der Waals surface area (Å²) in [4.78, 5) is 23.7. The third-order valence-corrected chi connectivity index (χ3v) is 4.65. The van der Waals surface area contributed by atoms with E-state index >= 15 is 0 Å². The average molecular weight is 398 g/mol. The number of hydrogen-bond acceptors (Lipinski definition) is 4. The second kappa shape index (κ2) is 9.05. The fourth-order valence-electron chi connectivity index (χ4n) is 2.38. The van der Waals surface area contributed by atoms with Crippen molar-refractivity contribution in [2.45, 2.75) is 33.7 Å². The lowest BCUT2D eigenvalue weighted by atomic mass is 10.1. The number of carbonyl (C=O) groups is 1. The molecule has 0 spiro atoms. The predicted octanol–water partition coefficient (Wildman–Crippen LogP) is 3.06. The molecule has 0 unspecified atom stereocenters. The van der Waals surface area contributed by atoms with Gasteiger partial charge >= 0.3 is 0 Å². The Hall–Kier alpha value is -2.05. The first-order valence-electron chi connectivity index (χ1n) is 8.18. The Morgan fingerprint density at radius 1 is 1.27 bits per heavy atom. The first-order valence-corrected chi connectivity index (χ1v) is 8.93. The number of ether oxygens (including phenoxy) is 1. The highest BCUT2D eigenvalue weighted by atomic mass is 35.5. The number of rotatable bonds is 7. The molecule has 0 fully saturated rings. The van der Waals surface area contributed by atoms with E-state index in [9.17, 15) is 9.59 Å². The molecular formula is C18H21Cl2N3O3. The fraction of sp³-hybridized carbons (Fsp3) is 0.389. The van der Waals surface area contributed by atoms with Gasteiger partial charge in [-0.1, -0.05) is 29.3 Å². The third kappa shape index (κ3) is 5.22. The lowest BCUT2D eigenvalue weighted by Crippen LogP contribution is -2.34. The van der Waals surface area contributed by atoms with Gasteiger partial charge in [0, 0.05) is 6.54 Å². The summed E-state index contributed by atoms with van der Waals surface area (Å²) < 4.78 is 6.77. The van der Waals surface area contributed by atoms with Gasteiger partial charge in [0.05, 0.1) is 17.8 Å². The van der Waals surface area contributed by atoms with Gasteiger partial charge in [-0.15, -0.1) is 0 Å². The van der Waals surface area contributed by atoms with E-state index in [4.69, 9.17) is 27.9 Å². The molecule has 2 aromatic rings. The molecule has 2 rings (SSSR count). The summed E-state index contributed by atoms with van der Waals surface area (Å²) in [6, 6.07) is 4.12. The highest BCUT2D eigenvalue weighted by Gasteiger charge is 2.10. The van der Waals surface area contributed by atoms with Crippen molar-refractivity contribution < 1.29 is 9.53 Å². The third-order valence-electron chi connectivity index (χ3n) is 3.90. The Kier molecular flexibility index (Phi) is 7.06. The predicted molar refractivity (Wildman–Crippen MR) is 102 cm³/mol. The van der Waals surface area contributed by atoms with Crippen LogP contribution >= 0.6 is 23.2 Å². The van der Waals surface area contributed by atoms with E-state index in [-0.39, 0.29) is 22.5 Å². The van der Waals surface area contributed by atoms with Crippen LogP contribution in [-0.2, 0) is 11.3 Å². The highest BCUT2D eigenvalue weighted by Crippen LogP contribution is 2.23. The normalized spacial score (nSPS) is 10.7. The van der Waals surface area contributed by atoms with Crippen LogP contribution in [0.25, 0.3) is 0 Å². The molecule has 0 radical (unpaired) electrons. The number of halogens is 2. The van der Waals surface area contributed by atoms with Crippen molar-refractivity contribution in [3.8, 4) is 5.75 Å². The van der Waals surface area contributed by atoms with E-state index in [1.807, 2.05) is 19.9 Å². The zero-order chi connectivity index (χ0) is 19.3. The molecule has 1 amide bonds. The van der Waals surface area contributed by atoms with Crippen LogP contribution in [0.4, 0.5) is 0 Å². The van der Waals surface area contributed by atoms with Crippen molar-refractivity contribution in [2.75, 3.05) is 13.2 Å². The number of nitrogens with zero attached hydrogens (tertiary/aromatic N) is 2. The van der Waals surface area contributed by atoms with Gasteiger partial charge in [0.2, 0.25) is 5.91 Å². The molecule has 0 bridgehead atoms. The number of nitrogens with one attached hydrogen (secondary N) is 1. The van der Waals surface area contributed by atoms with Gasteiger partial charge in [0.25, 0.3) is 5.56 Å². The maximum absolute atomic E-state index is 11.9. The van der Waals surface area contributed by atoms with Gasteiger partial charge in [-0.25, -0.2) is 4.68 Å². The molecule has 1 N–H and O–H groups in total. The van der Waals surface area contributed by atoms with Gasteiger partial charge in [-0.3, -0.25) is 9.59 Å². The number of hydrogen-bond donors (Lipinski definition) is 1. The summed E-state index contributed by atoms with van der Waals surface area (Å²) in [7, 11) is 0. The van der Waals surface area contributed by atoms with Gasteiger partial charge in [0.1, 0.15) is 17.3 Å². The van der Waals surface area contributed by atoms with Gasteiger partial charge in [-0.05, 0) is 49.9 Å². The summed E-state index contributed by atoms with van der Waals surface area (Å²) in [6.45, 7) is 6.79. The minimum Gasteiger partial charge on any atom is -0.493 e. The lowest BCUT2D eigenvalue weighted by Gasteiger charge is -2.12. The quantitative estimate of drug-likeness (QED) is 0.728. The van der Waals surface area contributed by atoms with Crippen molar-refractivity contribution in [1.82, 2.24) is 15.1 Å².